The number of nitrogens with zero attached hydrogens (tertiary/aromatic N) is 4. The van der Waals surface area contributed by atoms with Gasteiger partial charge in [0.05, 0.1) is 18.0 Å². The molecule has 0 radical (unpaired) electrons. The van der Waals surface area contributed by atoms with Gasteiger partial charge in [-0.15, -0.1) is 0 Å². The summed E-state index contributed by atoms with van der Waals surface area (Å²) in [6.07, 6.45) is 11.8. The first-order chi connectivity index (χ1) is 11.8. The zero-order valence-corrected chi connectivity index (χ0v) is 14.5. The largest absolute Gasteiger partial charge is 0.330 e. The molecule has 0 spiro atoms. The predicted molar refractivity (Wildman–Crippen MR) is 95.7 cm³/mol. The molecule has 126 valence electrons. The van der Waals surface area contributed by atoms with E-state index in [1.165, 1.54) is 43.4 Å². The molecule has 24 heavy (non-hydrogen) atoms. The summed E-state index contributed by atoms with van der Waals surface area (Å²) in [6, 6.07) is 10.7. The van der Waals surface area contributed by atoms with Gasteiger partial charge in [0.2, 0.25) is 0 Å². The van der Waals surface area contributed by atoms with Crippen LogP contribution in [-0.4, -0.2) is 34.1 Å². The molecular weight excluding hydrogens is 296 g/mol. The van der Waals surface area contributed by atoms with Crippen molar-refractivity contribution < 1.29 is 0 Å². The zero-order valence-electron chi connectivity index (χ0n) is 14.5. The Kier molecular flexibility index (Phi) is 5.66. The summed E-state index contributed by atoms with van der Waals surface area (Å²) in [5, 5.41) is 8.89. The number of aromatic nitrogens is 2. The van der Waals surface area contributed by atoms with Crippen molar-refractivity contribution in [3.05, 3.63) is 53.6 Å². The molecular formula is C20H26N4. The minimum atomic E-state index is 0.707. The molecule has 1 saturated carbocycles. The third kappa shape index (κ3) is 4.24. The number of rotatable bonds is 6. The molecule has 3 rings (SSSR count). The van der Waals surface area contributed by atoms with Crippen molar-refractivity contribution in [2.24, 2.45) is 0 Å². The Morgan fingerprint density at radius 1 is 1.21 bits per heavy atom. The molecule has 1 aromatic heterocycles. The van der Waals surface area contributed by atoms with E-state index in [4.69, 9.17) is 5.26 Å². The summed E-state index contributed by atoms with van der Waals surface area (Å²) < 4.78 is 2.22. The number of hydrogen-bond donors (Lipinski definition) is 0. The predicted octanol–water partition coefficient (Wildman–Crippen LogP) is 3.61. The lowest BCUT2D eigenvalue weighted by Crippen LogP contribution is -2.35. The summed E-state index contributed by atoms with van der Waals surface area (Å²) in [4.78, 5) is 6.86. The van der Waals surface area contributed by atoms with Gasteiger partial charge in [0.1, 0.15) is 0 Å². The van der Waals surface area contributed by atoms with E-state index < -0.39 is 0 Å². The fourth-order valence-corrected chi connectivity index (χ4v) is 3.58. The van der Waals surface area contributed by atoms with Crippen molar-refractivity contribution in [1.29, 1.82) is 5.26 Å². The van der Waals surface area contributed by atoms with Crippen LogP contribution in [0.2, 0.25) is 0 Å². The van der Waals surface area contributed by atoms with Gasteiger partial charge in [0, 0.05) is 37.4 Å². The van der Waals surface area contributed by atoms with E-state index in [1.807, 2.05) is 36.8 Å². The maximum absolute atomic E-state index is 8.89. The van der Waals surface area contributed by atoms with Crippen LogP contribution in [0.3, 0.4) is 0 Å². The number of imidazole rings is 1. The van der Waals surface area contributed by atoms with Crippen molar-refractivity contribution >= 4 is 0 Å². The molecule has 1 fully saturated rings. The Balaban J connectivity index is 1.57. The van der Waals surface area contributed by atoms with E-state index in [0.717, 1.165) is 25.6 Å². The summed E-state index contributed by atoms with van der Waals surface area (Å²) in [7, 11) is 2.26. The molecule has 1 aromatic carbocycles. The SMILES string of the molecule is CN(CCc1cncn1Cc1ccc(C#N)cc1)C1CCCCC1. The molecule has 4 heteroatoms. The fourth-order valence-electron chi connectivity index (χ4n) is 3.58. The van der Waals surface area contributed by atoms with E-state index in [-0.39, 0.29) is 0 Å². The Morgan fingerprint density at radius 3 is 2.67 bits per heavy atom. The molecule has 0 atom stereocenters. The first-order valence-electron chi connectivity index (χ1n) is 8.94. The Bertz CT molecular complexity index is 674. The van der Waals surface area contributed by atoms with Gasteiger partial charge in [0.15, 0.2) is 0 Å². The first kappa shape index (κ1) is 16.7. The lowest BCUT2D eigenvalue weighted by Gasteiger charge is -2.31. The smallest absolute Gasteiger partial charge is 0.0991 e. The van der Waals surface area contributed by atoms with E-state index in [9.17, 15) is 0 Å². The quantitative estimate of drug-likeness (QED) is 0.816. The third-order valence-corrected chi connectivity index (χ3v) is 5.15. The normalized spacial score (nSPS) is 15.5. The number of likely N-dealkylation sites (N-methyl/N-ethyl adjacent to an activating group) is 1. The van der Waals surface area contributed by atoms with Gasteiger partial charge in [-0.25, -0.2) is 4.98 Å². The van der Waals surface area contributed by atoms with Crippen LogP contribution in [0, 0.1) is 11.3 Å². The fraction of sp³-hybridized carbons (Fsp3) is 0.500. The van der Waals surface area contributed by atoms with Crippen molar-refractivity contribution in [2.75, 3.05) is 13.6 Å². The molecule has 1 aliphatic rings. The average molecular weight is 322 g/mol. The molecule has 0 N–H and O–H groups in total. The van der Waals surface area contributed by atoms with Crippen LogP contribution >= 0.6 is 0 Å². The van der Waals surface area contributed by atoms with Gasteiger partial charge in [-0.2, -0.15) is 5.26 Å². The van der Waals surface area contributed by atoms with Crippen molar-refractivity contribution in [2.45, 2.75) is 51.1 Å². The van der Waals surface area contributed by atoms with Crippen molar-refractivity contribution in [1.82, 2.24) is 14.5 Å². The summed E-state index contributed by atoms with van der Waals surface area (Å²) in [6.45, 7) is 1.90. The molecule has 4 nitrogen and oxygen atoms in total. The van der Waals surface area contributed by atoms with Crippen molar-refractivity contribution in [3.8, 4) is 6.07 Å². The van der Waals surface area contributed by atoms with Crippen LogP contribution in [0.4, 0.5) is 0 Å². The number of benzene rings is 1. The van der Waals surface area contributed by atoms with Crippen LogP contribution in [0.15, 0.2) is 36.8 Å². The maximum atomic E-state index is 8.89. The molecule has 0 unspecified atom stereocenters. The Morgan fingerprint density at radius 2 is 1.96 bits per heavy atom. The minimum Gasteiger partial charge on any atom is -0.330 e. The molecule has 0 bridgehead atoms. The highest BCUT2D eigenvalue weighted by molar-refractivity contribution is 5.31. The minimum absolute atomic E-state index is 0.707. The third-order valence-electron chi connectivity index (χ3n) is 5.15. The first-order valence-corrected chi connectivity index (χ1v) is 8.94. The van der Waals surface area contributed by atoms with Gasteiger partial charge in [0.25, 0.3) is 0 Å². The van der Waals surface area contributed by atoms with Crippen LogP contribution in [0.25, 0.3) is 0 Å². The molecule has 1 heterocycles. The van der Waals surface area contributed by atoms with Gasteiger partial charge in [-0.05, 0) is 37.6 Å². The van der Waals surface area contributed by atoms with Crippen molar-refractivity contribution in [3.63, 3.8) is 0 Å². The lowest BCUT2D eigenvalue weighted by atomic mass is 9.94. The second kappa shape index (κ2) is 8.12. The Hall–Kier alpha value is -2.12. The van der Waals surface area contributed by atoms with Crippen LogP contribution in [0.5, 0.6) is 0 Å². The number of nitriles is 1. The van der Waals surface area contributed by atoms with Gasteiger partial charge in [-0.3, -0.25) is 0 Å². The molecule has 0 amide bonds. The lowest BCUT2D eigenvalue weighted by molar-refractivity contribution is 0.193. The monoisotopic (exact) mass is 322 g/mol. The molecule has 0 saturated heterocycles. The maximum Gasteiger partial charge on any atom is 0.0991 e. The highest BCUT2D eigenvalue weighted by Gasteiger charge is 2.18. The summed E-state index contributed by atoms with van der Waals surface area (Å²) >= 11 is 0. The van der Waals surface area contributed by atoms with Crippen LogP contribution in [0.1, 0.15) is 48.9 Å². The zero-order chi connectivity index (χ0) is 16.8. The van der Waals surface area contributed by atoms with E-state index in [2.05, 4.69) is 27.6 Å². The molecule has 0 aliphatic heterocycles. The van der Waals surface area contributed by atoms with Gasteiger partial charge < -0.3 is 9.47 Å². The van der Waals surface area contributed by atoms with Gasteiger partial charge in [-0.1, -0.05) is 31.4 Å². The number of hydrogen-bond acceptors (Lipinski definition) is 3. The summed E-state index contributed by atoms with van der Waals surface area (Å²) in [5.74, 6) is 0. The standard InChI is InChI=1S/C20H26N4/c1-23(19-5-3-2-4-6-19)12-11-20-14-22-16-24(20)15-18-9-7-17(13-21)8-10-18/h7-10,14,16,19H,2-6,11-12,15H2,1H3. The van der Waals surface area contributed by atoms with E-state index in [0.29, 0.717) is 5.56 Å². The average Bonchev–Trinajstić information content (AvgIpc) is 3.08. The second-order valence-corrected chi connectivity index (χ2v) is 6.84. The topological polar surface area (TPSA) is 44.9 Å². The van der Waals surface area contributed by atoms with Gasteiger partial charge >= 0.3 is 0 Å². The van der Waals surface area contributed by atoms with Crippen LogP contribution in [-0.2, 0) is 13.0 Å². The van der Waals surface area contributed by atoms with E-state index in [1.54, 1.807) is 0 Å². The second-order valence-electron chi connectivity index (χ2n) is 6.84. The summed E-state index contributed by atoms with van der Waals surface area (Å²) in [5.41, 5.74) is 3.19. The Labute approximate surface area is 144 Å². The van der Waals surface area contributed by atoms with E-state index >= 15 is 0 Å². The molecule has 2 aromatic rings. The van der Waals surface area contributed by atoms with Crippen LogP contribution < -0.4 is 0 Å². The molecule has 1 aliphatic carbocycles. The highest BCUT2D eigenvalue weighted by atomic mass is 15.1. The highest BCUT2D eigenvalue weighted by Crippen LogP contribution is 2.21.